The molecule has 0 aliphatic carbocycles. The average Bonchev–Trinajstić information content (AvgIpc) is 2.38. The molecule has 108 valence electrons. The van der Waals surface area contributed by atoms with Crippen molar-refractivity contribution in [1.29, 1.82) is 0 Å². The Bertz CT molecular complexity index is 369. The third-order valence-corrected chi connectivity index (χ3v) is 4.29. The van der Waals surface area contributed by atoms with E-state index in [0.29, 0.717) is 18.4 Å². The first-order valence-electron chi connectivity index (χ1n) is 7.36. The minimum atomic E-state index is -0.380. The predicted molar refractivity (Wildman–Crippen MR) is 82.3 cm³/mol. The molecule has 1 aromatic carbocycles. The second kappa shape index (κ2) is 7.06. The molecule has 3 N–H and O–H groups in total. The third-order valence-electron chi connectivity index (χ3n) is 4.29. The van der Waals surface area contributed by atoms with Crippen LogP contribution in [0.4, 0.5) is 0 Å². The largest absolute Gasteiger partial charge is 0.392 e. The van der Waals surface area contributed by atoms with Crippen LogP contribution in [0, 0.1) is 11.8 Å². The van der Waals surface area contributed by atoms with Crippen molar-refractivity contribution in [2.75, 3.05) is 6.54 Å². The Morgan fingerprint density at radius 3 is 1.79 bits per heavy atom. The van der Waals surface area contributed by atoms with E-state index in [1.165, 1.54) is 5.56 Å². The van der Waals surface area contributed by atoms with Crippen LogP contribution >= 0.6 is 0 Å². The van der Waals surface area contributed by atoms with Gasteiger partial charge in [-0.3, -0.25) is 0 Å². The zero-order valence-corrected chi connectivity index (χ0v) is 12.9. The van der Waals surface area contributed by atoms with Crippen LogP contribution in [-0.2, 0) is 0 Å². The lowest BCUT2D eigenvalue weighted by molar-refractivity contribution is 0.0684. The summed E-state index contributed by atoms with van der Waals surface area (Å²) < 4.78 is 0. The van der Waals surface area contributed by atoms with E-state index in [4.69, 9.17) is 5.73 Å². The fourth-order valence-corrected chi connectivity index (χ4v) is 2.36. The summed E-state index contributed by atoms with van der Waals surface area (Å²) in [7, 11) is 0. The SMILES string of the molecule is CC(C)c1ccc(C(CN)C(O)C(C)C(C)C)cc1. The Labute approximate surface area is 118 Å². The molecule has 0 saturated heterocycles. The van der Waals surface area contributed by atoms with Gasteiger partial charge in [-0.25, -0.2) is 0 Å². The maximum Gasteiger partial charge on any atom is 0.0648 e. The summed E-state index contributed by atoms with van der Waals surface area (Å²) >= 11 is 0. The van der Waals surface area contributed by atoms with Gasteiger partial charge in [0.1, 0.15) is 0 Å². The van der Waals surface area contributed by atoms with E-state index < -0.39 is 0 Å². The summed E-state index contributed by atoms with van der Waals surface area (Å²) in [5, 5.41) is 10.5. The van der Waals surface area contributed by atoms with Gasteiger partial charge in [-0.2, -0.15) is 0 Å². The lowest BCUT2D eigenvalue weighted by Gasteiger charge is -2.29. The highest BCUT2D eigenvalue weighted by Gasteiger charge is 2.26. The zero-order valence-electron chi connectivity index (χ0n) is 12.9. The van der Waals surface area contributed by atoms with E-state index in [-0.39, 0.29) is 17.9 Å². The molecule has 0 aromatic heterocycles. The number of aliphatic hydroxyl groups is 1. The quantitative estimate of drug-likeness (QED) is 0.825. The van der Waals surface area contributed by atoms with E-state index in [0.717, 1.165) is 5.56 Å². The second-order valence-corrected chi connectivity index (χ2v) is 6.26. The smallest absolute Gasteiger partial charge is 0.0648 e. The lowest BCUT2D eigenvalue weighted by atomic mass is 9.81. The fourth-order valence-electron chi connectivity index (χ4n) is 2.36. The molecule has 2 nitrogen and oxygen atoms in total. The maximum atomic E-state index is 10.5. The number of nitrogens with two attached hydrogens (primary N) is 1. The number of hydrogen-bond acceptors (Lipinski definition) is 2. The van der Waals surface area contributed by atoms with Gasteiger partial charge in [0.05, 0.1) is 6.10 Å². The predicted octanol–water partition coefficient (Wildman–Crippen LogP) is 3.51. The van der Waals surface area contributed by atoms with Crippen LogP contribution in [-0.4, -0.2) is 17.8 Å². The fraction of sp³-hybridized carbons (Fsp3) is 0.647. The second-order valence-electron chi connectivity index (χ2n) is 6.26. The molecule has 0 bridgehead atoms. The summed E-state index contributed by atoms with van der Waals surface area (Å²) in [6.45, 7) is 11.2. The van der Waals surface area contributed by atoms with Gasteiger partial charge in [-0.05, 0) is 28.9 Å². The highest BCUT2D eigenvalue weighted by molar-refractivity contribution is 5.28. The molecule has 0 amide bonds. The standard InChI is InChI=1S/C17H29NO/c1-11(2)13(5)17(19)16(10-18)15-8-6-14(7-9-15)12(3)4/h6-9,11-13,16-17,19H,10,18H2,1-5H3. The van der Waals surface area contributed by atoms with E-state index in [1.54, 1.807) is 0 Å². The highest BCUT2D eigenvalue weighted by Crippen LogP contribution is 2.28. The molecule has 1 rings (SSSR count). The van der Waals surface area contributed by atoms with Gasteiger partial charge in [0, 0.05) is 12.5 Å². The van der Waals surface area contributed by atoms with Crippen LogP contribution in [0.5, 0.6) is 0 Å². The van der Waals surface area contributed by atoms with Gasteiger partial charge in [0.25, 0.3) is 0 Å². The molecule has 2 heteroatoms. The molecule has 0 aliphatic rings. The topological polar surface area (TPSA) is 46.2 Å². The maximum absolute atomic E-state index is 10.5. The van der Waals surface area contributed by atoms with E-state index >= 15 is 0 Å². The van der Waals surface area contributed by atoms with Crippen LogP contribution < -0.4 is 5.73 Å². The molecule has 1 aromatic rings. The normalized spacial score (nSPS) is 16.7. The molecule has 0 radical (unpaired) electrons. The molecule has 0 aliphatic heterocycles. The Morgan fingerprint density at radius 2 is 1.42 bits per heavy atom. The highest BCUT2D eigenvalue weighted by atomic mass is 16.3. The van der Waals surface area contributed by atoms with Gasteiger partial charge in [-0.15, -0.1) is 0 Å². The van der Waals surface area contributed by atoms with Crippen LogP contribution in [0.1, 0.15) is 57.6 Å². The van der Waals surface area contributed by atoms with Crippen molar-refractivity contribution in [1.82, 2.24) is 0 Å². The van der Waals surface area contributed by atoms with E-state index in [9.17, 15) is 5.11 Å². The van der Waals surface area contributed by atoms with Gasteiger partial charge in [-0.1, -0.05) is 58.9 Å². The van der Waals surface area contributed by atoms with Crippen LogP contribution in [0.3, 0.4) is 0 Å². The molecular formula is C17H29NO. The average molecular weight is 263 g/mol. The molecular weight excluding hydrogens is 234 g/mol. The van der Waals surface area contributed by atoms with Crippen LogP contribution in [0.25, 0.3) is 0 Å². The summed E-state index contributed by atoms with van der Waals surface area (Å²) in [5.41, 5.74) is 8.35. The van der Waals surface area contributed by atoms with Crippen molar-refractivity contribution in [2.45, 2.75) is 52.6 Å². The summed E-state index contributed by atoms with van der Waals surface area (Å²) in [5.74, 6) is 1.26. The summed E-state index contributed by atoms with van der Waals surface area (Å²) in [6, 6.07) is 8.52. The minimum absolute atomic E-state index is 0.0265. The van der Waals surface area contributed by atoms with Crippen LogP contribution in [0.2, 0.25) is 0 Å². The zero-order chi connectivity index (χ0) is 14.6. The molecule has 3 atom stereocenters. The number of rotatable bonds is 6. The van der Waals surface area contributed by atoms with E-state index in [1.807, 2.05) is 0 Å². The Morgan fingerprint density at radius 1 is 0.947 bits per heavy atom. The van der Waals surface area contributed by atoms with Crippen molar-refractivity contribution in [3.05, 3.63) is 35.4 Å². The van der Waals surface area contributed by atoms with Crippen molar-refractivity contribution in [2.24, 2.45) is 17.6 Å². The van der Waals surface area contributed by atoms with Gasteiger partial charge < -0.3 is 10.8 Å². The van der Waals surface area contributed by atoms with Crippen molar-refractivity contribution in [3.8, 4) is 0 Å². The van der Waals surface area contributed by atoms with Gasteiger partial charge >= 0.3 is 0 Å². The minimum Gasteiger partial charge on any atom is -0.392 e. The Balaban J connectivity index is 2.90. The van der Waals surface area contributed by atoms with Crippen molar-refractivity contribution in [3.63, 3.8) is 0 Å². The van der Waals surface area contributed by atoms with Crippen molar-refractivity contribution >= 4 is 0 Å². The van der Waals surface area contributed by atoms with Gasteiger partial charge in [0.2, 0.25) is 0 Å². The molecule has 0 fully saturated rings. The first-order chi connectivity index (χ1) is 8.88. The van der Waals surface area contributed by atoms with E-state index in [2.05, 4.69) is 58.9 Å². The Kier molecular flexibility index (Phi) is 6.02. The number of aliphatic hydroxyl groups excluding tert-OH is 1. The van der Waals surface area contributed by atoms with Crippen molar-refractivity contribution < 1.29 is 5.11 Å². The molecule has 0 saturated carbocycles. The summed E-state index contributed by atoms with van der Waals surface area (Å²) in [4.78, 5) is 0. The number of hydrogen-bond donors (Lipinski definition) is 2. The number of benzene rings is 1. The van der Waals surface area contributed by atoms with Gasteiger partial charge in [0.15, 0.2) is 0 Å². The summed E-state index contributed by atoms with van der Waals surface area (Å²) in [6.07, 6.45) is -0.380. The lowest BCUT2D eigenvalue weighted by Crippen LogP contribution is -2.33. The monoisotopic (exact) mass is 263 g/mol. The Hall–Kier alpha value is -0.860. The van der Waals surface area contributed by atoms with Crippen LogP contribution in [0.15, 0.2) is 24.3 Å². The first kappa shape index (κ1) is 16.2. The third kappa shape index (κ3) is 4.05. The first-order valence-corrected chi connectivity index (χ1v) is 7.36. The molecule has 19 heavy (non-hydrogen) atoms. The molecule has 0 heterocycles. The molecule has 3 unspecified atom stereocenters. The molecule has 0 spiro atoms.